The monoisotopic (exact) mass is 417 g/mol. The Balaban J connectivity index is 1.38. The Kier molecular flexibility index (Phi) is 5.03. The highest BCUT2D eigenvalue weighted by Gasteiger charge is 2.15. The molecule has 0 spiro atoms. The fourth-order valence-corrected chi connectivity index (χ4v) is 4.04. The number of nitrogens with zero attached hydrogens (tertiary/aromatic N) is 4. The molecule has 0 N–H and O–H groups in total. The van der Waals surface area contributed by atoms with Crippen LogP contribution in [0, 0.1) is 5.82 Å². The summed E-state index contributed by atoms with van der Waals surface area (Å²) in [5.41, 5.74) is 3.78. The van der Waals surface area contributed by atoms with E-state index in [0.717, 1.165) is 43.3 Å². The summed E-state index contributed by atoms with van der Waals surface area (Å²) in [6.45, 7) is 3.23. The van der Waals surface area contributed by atoms with E-state index in [4.69, 9.17) is 4.74 Å². The Morgan fingerprint density at radius 3 is 2.77 bits per heavy atom. The van der Waals surface area contributed by atoms with Gasteiger partial charge in [0.25, 0.3) is 5.56 Å². The Hall–Kier alpha value is -3.45. The second-order valence-corrected chi connectivity index (χ2v) is 7.91. The van der Waals surface area contributed by atoms with E-state index in [9.17, 15) is 9.18 Å². The molecule has 0 unspecified atom stereocenters. The molecule has 0 aliphatic carbocycles. The molecule has 0 saturated heterocycles. The normalized spacial score (nSPS) is 14.4. The minimum Gasteiger partial charge on any atom is -0.487 e. The van der Waals surface area contributed by atoms with E-state index in [-0.39, 0.29) is 12.2 Å². The molecule has 31 heavy (non-hydrogen) atoms. The van der Waals surface area contributed by atoms with Crippen molar-refractivity contribution < 1.29 is 9.13 Å². The first-order valence-electron chi connectivity index (χ1n) is 10.3. The molecule has 158 valence electrons. The number of benzene rings is 1. The van der Waals surface area contributed by atoms with Crippen molar-refractivity contribution in [2.45, 2.75) is 19.6 Å². The van der Waals surface area contributed by atoms with Crippen molar-refractivity contribution in [2.75, 3.05) is 20.1 Å². The number of hydrogen-bond donors (Lipinski definition) is 0. The Morgan fingerprint density at radius 1 is 1.06 bits per heavy atom. The molecule has 5 rings (SSSR count). The maximum Gasteiger partial charge on any atom is 0.258 e. The van der Waals surface area contributed by atoms with Gasteiger partial charge < -0.3 is 14.2 Å². The Bertz CT molecular complexity index is 1290. The van der Waals surface area contributed by atoms with E-state index in [1.807, 2.05) is 6.07 Å². The number of halogens is 1. The van der Waals surface area contributed by atoms with Crippen molar-refractivity contribution in [3.8, 4) is 11.4 Å². The highest BCUT2D eigenvalue weighted by Crippen LogP contribution is 2.25. The zero-order valence-corrected chi connectivity index (χ0v) is 17.3. The van der Waals surface area contributed by atoms with E-state index in [1.165, 1.54) is 23.3 Å². The molecule has 0 amide bonds. The molecule has 1 aliphatic heterocycles. The first kappa shape index (κ1) is 19.5. The van der Waals surface area contributed by atoms with Crippen molar-refractivity contribution in [1.29, 1.82) is 0 Å². The Labute approximate surface area is 179 Å². The molecular formula is C24H23FN4O2. The molecule has 3 aromatic heterocycles. The summed E-state index contributed by atoms with van der Waals surface area (Å²) in [7, 11) is 2.16. The van der Waals surface area contributed by atoms with Crippen LogP contribution in [-0.2, 0) is 19.6 Å². The maximum atomic E-state index is 13.0. The van der Waals surface area contributed by atoms with Gasteiger partial charge >= 0.3 is 0 Å². The van der Waals surface area contributed by atoms with Crippen LogP contribution in [0.2, 0.25) is 0 Å². The van der Waals surface area contributed by atoms with Crippen LogP contribution in [0.5, 0.6) is 5.75 Å². The predicted octanol–water partition coefficient (Wildman–Crippen LogP) is 3.39. The lowest BCUT2D eigenvalue weighted by atomic mass is 10.2. The molecule has 0 fully saturated rings. The number of ether oxygens (including phenoxy) is 1. The van der Waals surface area contributed by atoms with E-state index >= 15 is 0 Å². The van der Waals surface area contributed by atoms with Crippen molar-refractivity contribution >= 4 is 10.9 Å². The predicted molar refractivity (Wildman–Crippen MR) is 117 cm³/mol. The van der Waals surface area contributed by atoms with E-state index < -0.39 is 5.82 Å². The molecular weight excluding hydrogens is 394 g/mol. The summed E-state index contributed by atoms with van der Waals surface area (Å²) in [6, 6.07) is 14.5. The van der Waals surface area contributed by atoms with Gasteiger partial charge in [-0.3, -0.25) is 14.3 Å². The summed E-state index contributed by atoms with van der Waals surface area (Å²) < 4.78 is 22.6. The van der Waals surface area contributed by atoms with E-state index in [0.29, 0.717) is 11.4 Å². The van der Waals surface area contributed by atoms with Crippen LogP contribution < -0.4 is 10.3 Å². The summed E-state index contributed by atoms with van der Waals surface area (Å²) >= 11 is 0. The van der Waals surface area contributed by atoms with Gasteiger partial charge in [0.15, 0.2) is 0 Å². The van der Waals surface area contributed by atoms with Crippen LogP contribution in [0.15, 0.2) is 65.7 Å². The third kappa shape index (κ3) is 3.96. The first-order valence-corrected chi connectivity index (χ1v) is 10.3. The van der Waals surface area contributed by atoms with Gasteiger partial charge in [0, 0.05) is 60.6 Å². The summed E-state index contributed by atoms with van der Waals surface area (Å²) in [5.74, 6) is 0.0587. The SMILES string of the molecule is [11CH3]N1CCc2cc3cc(-n4ccc(OCc5ccc(F)cn5)cc4=O)ccc3n2CC1. The number of likely N-dealkylation sites (N-methyl/N-ethyl adjacent to an activating group) is 1. The largest absolute Gasteiger partial charge is 0.487 e. The van der Waals surface area contributed by atoms with Gasteiger partial charge in [-0.05, 0) is 49.5 Å². The topological polar surface area (TPSA) is 52.3 Å². The molecule has 0 atom stereocenters. The molecule has 7 heteroatoms. The number of hydrogen-bond acceptors (Lipinski definition) is 4. The van der Waals surface area contributed by atoms with Gasteiger partial charge in [0.05, 0.1) is 11.9 Å². The quantitative estimate of drug-likeness (QED) is 0.511. The maximum absolute atomic E-state index is 13.0. The highest BCUT2D eigenvalue weighted by atomic mass is 19.1. The van der Waals surface area contributed by atoms with Crippen LogP contribution in [0.1, 0.15) is 11.4 Å². The van der Waals surface area contributed by atoms with Crippen molar-refractivity contribution in [2.24, 2.45) is 0 Å². The van der Waals surface area contributed by atoms with Crippen LogP contribution in [0.25, 0.3) is 16.6 Å². The average molecular weight is 417 g/mol. The van der Waals surface area contributed by atoms with Gasteiger partial charge in [-0.2, -0.15) is 0 Å². The molecule has 4 aromatic rings. The fraction of sp³-hybridized carbons (Fsp3) is 0.250. The molecule has 0 saturated carbocycles. The van der Waals surface area contributed by atoms with Gasteiger partial charge in [-0.1, -0.05) is 0 Å². The van der Waals surface area contributed by atoms with Gasteiger partial charge in [0.1, 0.15) is 18.2 Å². The standard InChI is InChI=1S/C24H23FN4O2/c1-27-8-6-21-13-17-12-20(4-5-23(17)28(21)11-10-27)29-9-7-22(14-24(29)30)31-16-19-3-2-18(25)15-26-19/h2-5,7,9,12-15H,6,8,10-11,16H2,1H3/i1-1. The summed E-state index contributed by atoms with van der Waals surface area (Å²) in [5, 5.41) is 1.15. The van der Waals surface area contributed by atoms with E-state index in [1.54, 1.807) is 22.9 Å². The molecule has 0 bridgehead atoms. The zero-order chi connectivity index (χ0) is 21.4. The molecule has 0 radical (unpaired) electrons. The van der Waals surface area contributed by atoms with Crippen molar-refractivity contribution in [1.82, 2.24) is 19.0 Å². The minimum absolute atomic E-state index is 0.168. The number of fused-ring (bicyclic) bond motifs is 3. The third-order valence-electron chi connectivity index (χ3n) is 5.77. The second kappa shape index (κ2) is 8.00. The van der Waals surface area contributed by atoms with Gasteiger partial charge in [-0.25, -0.2) is 4.39 Å². The lowest BCUT2D eigenvalue weighted by Gasteiger charge is -2.12. The lowest BCUT2D eigenvalue weighted by Crippen LogP contribution is -2.21. The smallest absolute Gasteiger partial charge is 0.258 e. The van der Waals surface area contributed by atoms with Gasteiger partial charge in [0.2, 0.25) is 0 Å². The third-order valence-corrected chi connectivity index (χ3v) is 5.77. The summed E-state index contributed by atoms with van der Waals surface area (Å²) in [6.07, 6.45) is 3.88. The van der Waals surface area contributed by atoms with Crippen LogP contribution in [-0.4, -0.2) is 39.2 Å². The highest BCUT2D eigenvalue weighted by molar-refractivity contribution is 5.83. The lowest BCUT2D eigenvalue weighted by molar-refractivity contribution is 0.300. The van der Waals surface area contributed by atoms with Crippen LogP contribution in [0.3, 0.4) is 0 Å². The molecule has 1 aliphatic rings. The second-order valence-electron chi connectivity index (χ2n) is 7.91. The van der Waals surface area contributed by atoms with Crippen LogP contribution >= 0.6 is 0 Å². The van der Waals surface area contributed by atoms with Crippen LogP contribution in [0.4, 0.5) is 4.39 Å². The summed E-state index contributed by atoms with van der Waals surface area (Å²) in [4.78, 5) is 19.0. The van der Waals surface area contributed by atoms with Crippen molar-refractivity contribution in [3.05, 3.63) is 88.5 Å². The number of aromatic nitrogens is 3. The number of pyridine rings is 2. The Morgan fingerprint density at radius 2 is 1.97 bits per heavy atom. The average Bonchev–Trinajstić information content (AvgIpc) is 3.02. The molecule has 4 heterocycles. The fourth-order valence-electron chi connectivity index (χ4n) is 4.04. The number of rotatable bonds is 4. The minimum atomic E-state index is -0.393. The van der Waals surface area contributed by atoms with Gasteiger partial charge in [-0.15, -0.1) is 0 Å². The first-order chi connectivity index (χ1) is 15.1. The molecule has 1 aromatic carbocycles. The van der Waals surface area contributed by atoms with E-state index in [2.05, 4.69) is 39.7 Å². The van der Waals surface area contributed by atoms with Crippen molar-refractivity contribution in [3.63, 3.8) is 0 Å². The zero-order valence-electron chi connectivity index (χ0n) is 17.3. The molecule has 6 nitrogen and oxygen atoms in total.